The van der Waals surface area contributed by atoms with Gasteiger partial charge in [-0.25, -0.2) is 18.6 Å². The molecule has 23 heavy (non-hydrogen) atoms. The largest absolute Gasteiger partial charge is 0.464 e. The molecule has 0 atom stereocenters. The highest BCUT2D eigenvalue weighted by Crippen LogP contribution is 2.34. The number of methoxy groups -OCH3 is 1. The number of nitrogens with zero attached hydrogens (tertiary/aromatic N) is 1. The Kier molecular flexibility index (Phi) is 4.22. The lowest BCUT2D eigenvalue weighted by molar-refractivity contribution is -0.139. The third-order valence-corrected chi connectivity index (χ3v) is 2.93. The molecule has 1 aromatic heterocycles. The SMILES string of the molecule is COC(=O)c1cc(N)c(F)c(-c2ccc(C(F)(F)F)c(F)c2)n1. The van der Waals surface area contributed by atoms with Gasteiger partial charge in [-0.05, 0) is 18.2 Å². The number of nitrogen functional groups attached to an aromatic ring is 1. The van der Waals surface area contributed by atoms with Crippen LogP contribution in [-0.4, -0.2) is 18.1 Å². The summed E-state index contributed by atoms with van der Waals surface area (Å²) in [5, 5.41) is 0. The lowest BCUT2D eigenvalue weighted by atomic mass is 10.1. The lowest BCUT2D eigenvalue weighted by Gasteiger charge is -2.11. The van der Waals surface area contributed by atoms with E-state index >= 15 is 0 Å². The summed E-state index contributed by atoms with van der Waals surface area (Å²) in [7, 11) is 1.06. The van der Waals surface area contributed by atoms with Crippen molar-refractivity contribution < 1.29 is 31.5 Å². The van der Waals surface area contributed by atoms with Crippen LogP contribution in [0.2, 0.25) is 0 Å². The predicted octanol–water partition coefficient (Wildman–Crippen LogP) is 3.41. The van der Waals surface area contributed by atoms with Crippen molar-refractivity contribution >= 4 is 11.7 Å². The van der Waals surface area contributed by atoms with E-state index in [2.05, 4.69) is 9.72 Å². The number of pyridine rings is 1. The average molecular weight is 332 g/mol. The summed E-state index contributed by atoms with van der Waals surface area (Å²) in [5.41, 5.74) is 2.20. The van der Waals surface area contributed by atoms with E-state index in [4.69, 9.17) is 5.73 Å². The highest BCUT2D eigenvalue weighted by molar-refractivity contribution is 5.89. The second-order valence-corrected chi connectivity index (χ2v) is 4.44. The van der Waals surface area contributed by atoms with Crippen LogP contribution in [0.25, 0.3) is 11.3 Å². The van der Waals surface area contributed by atoms with E-state index < -0.39 is 40.7 Å². The Morgan fingerprint density at radius 1 is 1.22 bits per heavy atom. The number of alkyl halides is 3. The molecule has 9 heteroatoms. The summed E-state index contributed by atoms with van der Waals surface area (Å²) in [6, 6.07) is 2.66. The van der Waals surface area contributed by atoms with Crippen LogP contribution in [0.4, 0.5) is 27.6 Å². The number of rotatable bonds is 2. The summed E-state index contributed by atoms with van der Waals surface area (Å²) < 4.78 is 69.6. The Morgan fingerprint density at radius 3 is 2.39 bits per heavy atom. The van der Waals surface area contributed by atoms with Gasteiger partial charge in [0.2, 0.25) is 0 Å². The number of aromatic nitrogens is 1. The summed E-state index contributed by atoms with van der Waals surface area (Å²) >= 11 is 0. The fourth-order valence-corrected chi connectivity index (χ4v) is 1.84. The minimum atomic E-state index is -4.89. The number of ether oxygens (including phenoxy) is 1. The maximum atomic E-state index is 14.0. The van der Waals surface area contributed by atoms with Gasteiger partial charge in [-0.1, -0.05) is 6.07 Å². The molecule has 0 aliphatic rings. The third-order valence-electron chi connectivity index (χ3n) is 2.93. The number of hydrogen-bond acceptors (Lipinski definition) is 4. The summed E-state index contributed by atoms with van der Waals surface area (Å²) in [6.07, 6.45) is -4.89. The number of halogens is 5. The molecule has 0 aliphatic heterocycles. The fraction of sp³-hybridized carbons (Fsp3) is 0.143. The molecular formula is C14H9F5N2O2. The van der Waals surface area contributed by atoms with Crippen LogP contribution in [0.15, 0.2) is 24.3 Å². The first kappa shape index (κ1) is 16.7. The van der Waals surface area contributed by atoms with Gasteiger partial charge >= 0.3 is 12.1 Å². The highest BCUT2D eigenvalue weighted by Gasteiger charge is 2.34. The Morgan fingerprint density at radius 2 is 1.87 bits per heavy atom. The van der Waals surface area contributed by atoms with Crippen molar-refractivity contribution in [2.45, 2.75) is 6.18 Å². The number of anilines is 1. The number of hydrogen-bond donors (Lipinski definition) is 1. The minimum absolute atomic E-state index is 0.301. The molecule has 0 saturated heterocycles. The first-order valence-corrected chi connectivity index (χ1v) is 6.06. The molecular weight excluding hydrogens is 323 g/mol. The number of carbonyl (C=O) groups is 1. The number of benzene rings is 1. The quantitative estimate of drug-likeness (QED) is 0.676. The van der Waals surface area contributed by atoms with Gasteiger partial charge in [-0.2, -0.15) is 13.2 Å². The van der Waals surface area contributed by atoms with E-state index in [9.17, 15) is 26.7 Å². The molecule has 2 N–H and O–H groups in total. The first-order valence-electron chi connectivity index (χ1n) is 6.06. The normalized spacial score (nSPS) is 11.4. The second kappa shape index (κ2) is 5.82. The molecule has 0 fully saturated rings. The van der Waals surface area contributed by atoms with Crippen LogP contribution in [-0.2, 0) is 10.9 Å². The highest BCUT2D eigenvalue weighted by atomic mass is 19.4. The zero-order chi connectivity index (χ0) is 17.4. The topological polar surface area (TPSA) is 65.2 Å². The molecule has 0 spiro atoms. The van der Waals surface area contributed by atoms with E-state index in [1.807, 2.05) is 0 Å². The Labute approximate surface area is 126 Å². The Balaban J connectivity index is 2.60. The monoisotopic (exact) mass is 332 g/mol. The van der Waals surface area contributed by atoms with Crippen molar-refractivity contribution in [1.29, 1.82) is 0 Å². The molecule has 2 aromatic rings. The maximum absolute atomic E-state index is 14.0. The molecule has 1 heterocycles. The number of esters is 1. The van der Waals surface area contributed by atoms with Crippen LogP contribution < -0.4 is 5.73 Å². The molecule has 4 nitrogen and oxygen atoms in total. The third kappa shape index (κ3) is 3.22. The molecule has 0 aliphatic carbocycles. The van der Waals surface area contributed by atoms with Gasteiger partial charge in [0.15, 0.2) is 11.5 Å². The lowest BCUT2D eigenvalue weighted by Crippen LogP contribution is -2.10. The van der Waals surface area contributed by atoms with Gasteiger partial charge in [0.25, 0.3) is 0 Å². The van der Waals surface area contributed by atoms with E-state index in [-0.39, 0.29) is 11.3 Å². The van der Waals surface area contributed by atoms with E-state index in [1.165, 1.54) is 0 Å². The molecule has 0 saturated carbocycles. The van der Waals surface area contributed by atoms with Crippen molar-refractivity contribution in [2.75, 3.05) is 12.8 Å². The zero-order valence-electron chi connectivity index (χ0n) is 11.5. The van der Waals surface area contributed by atoms with Gasteiger partial charge in [0, 0.05) is 5.56 Å². The molecule has 0 radical (unpaired) electrons. The van der Waals surface area contributed by atoms with Crippen molar-refractivity contribution in [3.8, 4) is 11.3 Å². The van der Waals surface area contributed by atoms with Crippen LogP contribution in [0, 0.1) is 11.6 Å². The standard InChI is InChI=1S/C14H9F5N2O2/c1-23-13(22)10-5-9(20)11(16)12(21-10)6-2-3-7(8(15)4-6)14(17,18)19/h2-5H,1H3,(H2,20,21). The van der Waals surface area contributed by atoms with E-state index in [1.54, 1.807) is 0 Å². The molecule has 0 bridgehead atoms. The second-order valence-electron chi connectivity index (χ2n) is 4.44. The number of carbonyl (C=O) groups excluding carboxylic acids is 1. The number of nitrogens with two attached hydrogens (primary N) is 1. The van der Waals surface area contributed by atoms with Crippen LogP contribution in [0.5, 0.6) is 0 Å². The van der Waals surface area contributed by atoms with Crippen LogP contribution >= 0.6 is 0 Å². The molecule has 1 aromatic carbocycles. The van der Waals surface area contributed by atoms with Crippen LogP contribution in [0.1, 0.15) is 16.1 Å². The van der Waals surface area contributed by atoms with Crippen molar-refractivity contribution in [3.05, 3.63) is 47.2 Å². The Hall–Kier alpha value is -2.71. The van der Waals surface area contributed by atoms with Gasteiger partial charge in [-0.15, -0.1) is 0 Å². The van der Waals surface area contributed by atoms with Gasteiger partial charge in [-0.3, -0.25) is 0 Å². The average Bonchev–Trinajstić information content (AvgIpc) is 2.47. The predicted molar refractivity (Wildman–Crippen MR) is 70.3 cm³/mol. The van der Waals surface area contributed by atoms with E-state index in [0.29, 0.717) is 12.1 Å². The minimum Gasteiger partial charge on any atom is -0.464 e. The van der Waals surface area contributed by atoms with Crippen molar-refractivity contribution in [3.63, 3.8) is 0 Å². The fourth-order valence-electron chi connectivity index (χ4n) is 1.84. The van der Waals surface area contributed by atoms with E-state index in [0.717, 1.165) is 19.2 Å². The Bertz CT molecular complexity index is 774. The molecule has 0 unspecified atom stereocenters. The van der Waals surface area contributed by atoms with Gasteiger partial charge in [0.05, 0.1) is 18.4 Å². The smallest absolute Gasteiger partial charge is 0.419 e. The van der Waals surface area contributed by atoms with Crippen LogP contribution in [0.3, 0.4) is 0 Å². The van der Waals surface area contributed by atoms with Crippen molar-refractivity contribution in [1.82, 2.24) is 4.98 Å². The summed E-state index contributed by atoms with van der Waals surface area (Å²) in [4.78, 5) is 15.1. The zero-order valence-corrected chi connectivity index (χ0v) is 11.5. The van der Waals surface area contributed by atoms with Gasteiger partial charge in [0.1, 0.15) is 11.5 Å². The van der Waals surface area contributed by atoms with Crippen molar-refractivity contribution in [2.24, 2.45) is 0 Å². The summed E-state index contributed by atoms with van der Waals surface area (Å²) in [6.45, 7) is 0. The summed E-state index contributed by atoms with van der Waals surface area (Å²) in [5.74, 6) is -3.61. The van der Waals surface area contributed by atoms with Gasteiger partial charge < -0.3 is 10.5 Å². The molecule has 2 rings (SSSR count). The molecule has 0 amide bonds. The molecule has 122 valence electrons. The first-order chi connectivity index (χ1) is 10.6. The maximum Gasteiger partial charge on any atom is 0.419 e.